The Bertz CT molecular complexity index is 961. The van der Waals surface area contributed by atoms with E-state index in [1.165, 1.54) is 10.5 Å². The number of amides is 3. The highest BCUT2D eigenvalue weighted by Crippen LogP contribution is 2.15. The van der Waals surface area contributed by atoms with Gasteiger partial charge < -0.3 is 24.4 Å². The number of hydrogen-bond acceptors (Lipinski definition) is 4. The van der Waals surface area contributed by atoms with Crippen LogP contribution in [-0.4, -0.2) is 65.1 Å². The van der Waals surface area contributed by atoms with Gasteiger partial charge in [0.25, 0.3) is 0 Å². The lowest BCUT2D eigenvalue weighted by Gasteiger charge is -2.28. The number of unbranched alkanes of at least 4 members (excludes halogenated alkanes) is 2. The van der Waals surface area contributed by atoms with Gasteiger partial charge in [0, 0.05) is 36.0 Å². The van der Waals surface area contributed by atoms with Crippen LogP contribution in [0.4, 0.5) is 4.79 Å². The Hall–Kier alpha value is -2.81. The van der Waals surface area contributed by atoms with Crippen molar-refractivity contribution in [3.8, 4) is 0 Å². The van der Waals surface area contributed by atoms with Crippen LogP contribution in [0.5, 0.6) is 0 Å². The van der Waals surface area contributed by atoms with Gasteiger partial charge in [-0.1, -0.05) is 54.8 Å². The topological polar surface area (TPSA) is 83.9 Å². The first-order chi connectivity index (χ1) is 17.4. The average Bonchev–Trinajstić information content (AvgIpc) is 3.30. The molecule has 1 aromatic heterocycles. The van der Waals surface area contributed by atoms with Gasteiger partial charge in [-0.05, 0) is 49.6 Å². The lowest BCUT2D eigenvalue weighted by molar-refractivity contribution is -0.141. The second-order valence-corrected chi connectivity index (χ2v) is 9.58. The van der Waals surface area contributed by atoms with Gasteiger partial charge in [0.15, 0.2) is 0 Å². The average molecular weight is 564 g/mol. The Kier molecular flexibility index (Phi) is 13.1. The van der Waals surface area contributed by atoms with Crippen molar-refractivity contribution in [2.24, 2.45) is 0 Å². The lowest BCUT2D eigenvalue weighted by atomic mass is 10.2. The molecule has 0 aliphatic heterocycles. The van der Waals surface area contributed by atoms with Gasteiger partial charge in [0.2, 0.25) is 5.91 Å². The van der Waals surface area contributed by atoms with Crippen molar-refractivity contribution in [2.75, 3.05) is 32.8 Å². The molecule has 0 saturated heterocycles. The Morgan fingerprint density at radius 1 is 0.972 bits per heavy atom. The van der Waals surface area contributed by atoms with E-state index in [1.54, 1.807) is 6.92 Å². The highest BCUT2D eigenvalue weighted by atomic mass is 79.9. The zero-order valence-corrected chi connectivity index (χ0v) is 23.3. The molecule has 8 nitrogen and oxygen atoms in total. The molecule has 36 heavy (non-hydrogen) atoms. The molecule has 3 amide bonds. The van der Waals surface area contributed by atoms with Gasteiger partial charge in [-0.2, -0.15) is 0 Å². The van der Waals surface area contributed by atoms with Crippen LogP contribution in [0.15, 0.2) is 47.1 Å². The number of hydrogen-bond donors (Lipinski definition) is 1. The smallest absolute Gasteiger partial charge is 0.325 e. The standard InChI is InChI=1S/C27H39BrN4O4/c1-4-7-15-31(20-24-10-9-17-30(24)19-22-11-13-23(28)14-12-22)25(33)21-32(16-8-5-2)27(35)29-18-26(34)36-6-3/h9-14,17H,4-8,15-16,18-21H2,1-3H3,(H,29,35). The van der Waals surface area contributed by atoms with E-state index >= 15 is 0 Å². The molecular weight excluding hydrogens is 524 g/mol. The van der Waals surface area contributed by atoms with Crippen molar-refractivity contribution in [3.63, 3.8) is 0 Å². The third-order valence-corrected chi connectivity index (χ3v) is 6.29. The summed E-state index contributed by atoms with van der Waals surface area (Å²) < 4.78 is 8.07. The van der Waals surface area contributed by atoms with Crippen LogP contribution in [0.2, 0.25) is 0 Å². The maximum absolute atomic E-state index is 13.4. The van der Waals surface area contributed by atoms with Gasteiger partial charge in [0.1, 0.15) is 13.1 Å². The monoisotopic (exact) mass is 562 g/mol. The van der Waals surface area contributed by atoms with Crippen molar-refractivity contribution in [1.82, 2.24) is 19.7 Å². The predicted octanol–water partition coefficient (Wildman–Crippen LogP) is 4.80. The van der Waals surface area contributed by atoms with E-state index in [1.807, 2.05) is 42.3 Å². The molecule has 0 aliphatic carbocycles. The van der Waals surface area contributed by atoms with Gasteiger partial charge >= 0.3 is 12.0 Å². The Morgan fingerprint density at radius 3 is 2.28 bits per heavy atom. The van der Waals surface area contributed by atoms with Gasteiger partial charge in [0.05, 0.1) is 13.2 Å². The summed E-state index contributed by atoms with van der Waals surface area (Å²) in [6.45, 7) is 8.08. The third-order valence-electron chi connectivity index (χ3n) is 5.76. The van der Waals surface area contributed by atoms with Crippen LogP contribution < -0.4 is 5.32 Å². The van der Waals surface area contributed by atoms with Crippen molar-refractivity contribution < 1.29 is 19.1 Å². The second kappa shape index (κ2) is 16.0. The SMILES string of the molecule is CCCCN(Cc1cccn1Cc1ccc(Br)cc1)C(=O)CN(CCCC)C(=O)NCC(=O)OCC. The molecule has 0 bridgehead atoms. The van der Waals surface area contributed by atoms with Gasteiger partial charge in [-0.15, -0.1) is 0 Å². The van der Waals surface area contributed by atoms with E-state index in [0.717, 1.165) is 35.8 Å². The summed E-state index contributed by atoms with van der Waals surface area (Å²) in [6, 6.07) is 11.8. The number of ether oxygens (including phenoxy) is 1. The minimum absolute atomic E-state index is 0.0359. The maximum atomic E-state index is 13.4. The number of nitrogens with zero attached hydrogens (tertiary/aromatic N) is 3. The van der Waals surface area contributed by atoms with E-state index in [-0.39, 0.29) is 25.6 Å². The number of benzene rings is 1. The highest BCUT2D eigenvalue weighted by molar-refractivity contribution is 9.10. The zero-order valence-electron chi connectivity index (χ0n) is 21.7. The maximum Gasteiger partial charge on any atom is 0.325 e. The third kappa shape index (κ3) is 10.0. The van der Waals surface area contributed by atoms with Crippen LogP contribution in [0.3, 0.4) is 0 Å². The fraction of sp³-hybridized carbons (Fsp3) is 0.519. The first kappa shape index (κ1) is 29.4. The Morgan fingerprint density at radius 2 is 1.64 bits per heavy atom. The summed E-state index contributed by atoms with van der Waals surface area (Å²) in [4.78, 5) is 41.1. The molecule has 9 heteroatoms. The number of halogens is 1. The fourth-order valence-electron chi connectivity index (χ4n) is 3.71. The Labute approximate surface area is 223 Å². The van der Waals surface area contributed by atoms with Crippen LogP contribution in [0.1, 0.15) is 57.7 Å². The number of carbonyl (C=O) groups excluding carboxylic acids is 3. The molecule has 2 aromatic rings. The normalized spacial score (nSPS) is 10.7. The predicted molar refractivity (Wildman–Crippen MR) is 145 cm³/mol. The molecule has 0 aliphatic rings. The zero-order chi connectivity index (χ0) is 26.3. The number of rotatable bonds is 15. The molecule has 1 heterocycles. The second-order valence-electron chi connectivity index (χ2n) is 8.66. The van der Waals surface area contributed by atoms with Crippen LogP contribution >= 0.6 is 15.9 Å². The van der Waals surface area contributed by atoms with E-state index in [2.05, 4.69) is 44.9 Å². The first-order valence-corrected chi connectivity index (χ1v) is 13.5. The molecular formula is C27H39BrN4O4. The summed E-state index contributed by atoms with van der Waals surface area (Å²) in [5.74, 6) is -0.606. The summed E-state index contributed by atoms with van der Waals surface area (Å²) >= 11 is 3.47. The molecule has 2 rings (SSSR count). The lowest BCUT2D eigenvalue weighted by Crippen LogP contribution is -2.48. The van der Waals surface area contributed by atoms with Crippen molar-refractivity contribution in [1.29, 1.82) is 0 Å². The molecule has 0 atom stereocenters. The van der Waals surface area contributed by atoms with Crippen LogP contribution in [-0.2, 0) is 27.4 Å². The van der Waals surface area contributed by atoms with E-state index in [0.29, 0.717) is 26.2 Å². The summed E-state index contributed by atoms with van der Waals surface area (Å²) in [6.07, 6.45) is 5.52. The quantitative estimate of drug-likeness (QED) is 0.316. The van der Waals surface area contributed by atoms with Crippen molar-refractivity contribution in [3.05, 3.63) is 58.3 Å². The van der Waals surface area contributed by atoms with E-state index < -0.39 is 12.0 Å². The molecule has 0 fully saturated rings. The first-order valence-electron chi connectivity index (χ1n) is 12.7. The number of nitrogens with one attached hydrogen (secondary N) is 1. The van der Waals surface area contributed by atoms with Crippen molar-refractivity contribution in [2.45, 2.75) is 59.5 Å². The highest BCUT2D eigenvalue weighted by Gasteiger charge is 2.22. The minimum Gasteiger partial charge on any atom is -0.465 e. The van der Waals surface area contributed by atoms with Crippen LogP contribution in [0, 0.1) is 0 Å². The largest absolute Gasteiger partial charge is 0.465 e. The molecule has 1 aromatic carbocycles. The van der Waals surface area contributed by atoms with Crippen LogP contribution in [0.25, 0.3) is 0 Å². The summed E-state index contributed by atoms with van der Waals surface area (Å²) in [5.41, 5.74) is 2.21. The number of aromatic nitrogens is 1. The molecule has 198 valence electrons. The number of esters is 1. The van der Waals surface area contributed by atoms with Crippen molar-refractivity contribution >= 4 is 33.8 Å². The molecule has 0 spiro atoms. The minimum atomic E-state index is -0.497. The summed E-state index contributed by atoms with van der Waals surface area (Å²) in [7, 11) is 0. The molecule has 0 saturated carbocycles. The number of carbonyl (C=O) groups is 3. The molecule has 0 radical (unpaired) electrons. The molecule has 0 unspecified atom stereocenters. The number of urea groups is 1. The van der Waals surface area contributed by atoms with Gasteiger partial charge in [-0.3, -0.25) is 9.59 Å². The Balaban J connectivity index is 2.10. The van der Waals surface area contributed by atoms with E-state index in [9.17, 15) is 14.4 Å². The summed E-state index contributed by atoms with van der Waals surface area (Å²) in [5, 5.41) is 2.58. The fourth-order valence-corrected chi connectivity index (χ4v) is 3.97. The van der Waals surface area contributed by atoms with E-state index in [4.69, 9.17) is 4.74 Å². The molecule has 1 N–H and O–H groups in total. The van der Waals surface area contributed by atoms with Gasteiger partial charge in [-0.25, -0.2) is 4.79 Å².